The van der Waals surface area contributed by atoms with Crippen molar-refractivity contribution in [3.8, 4) is 0 Å². The van der Waals surface area contributed by atoms with Gasteiger partial charge in [0.05, 0.1) is 6.04 Å². The van der Waals surface area contributed by atoms with Crippen LogP contribution in [0.3, 0.4) is 0 Å². The summed E-state index contributed by atoms with van der Waals surface area (Å²) in [6.45, 7) is 1.76. The first kappa shape index (κ1) is 9.97. The molecule has 1 aliphatic rings. The van der Waals surface area contributed by atoms with Crippen molar-refractivity contribution in [3.63, 3.8) is 0 Å². The minimum Gasteiger partial charge on any atom is -0.375 e. The Balaban J connectivity index is 2.47. The number of anilines is 1. The lowest BCUT2D eigenvalue weighted by atomic mass is 10.3. The van der Waals surface area contributed by atoms with E-state index in [0.717, 1.165) is 4.31 Å². The van der Waals surface area contributed by atoms with Crippen LogP contribution in [0, 0.1) is 0 Å². The third-order valence-electron chi connectivity index (χ3n) is 2.02. The highest BCUT2D eigenvalue weighted by atomic mass is 32.2. The highest BCUT2D eigenvalue weighted by molar-refractivity contribution is 7.88. The van der Waals surface area contributed by atoms with Gasteiger partial charge in [0.15, 0.2) is 0 Å². The van der Waals surface area contributed by atoms with Crippen molar-refractivity contribution in [2.75, 3.05) is 4.31 Å². The SMILES string of the molecule is C[C@@H]1C=COS(=O)(=O)N1c1ccccn1. The quantitative estimate of drug-likeness (QED) is 0.718. The average molecular weight is 226 g/mol. The van der Waals surface area contributed by atoms with Crippen molar-refractivity contribution in [2.24, 2.45) is 0 Å². The summed E-state index contributed by atoms with van der Waals surface area (Å²) >= 11 is 0. The zero-order chi connectivity index (χ0) is 10.9. The molecular weight excluding hydrogens is 216 g/mol. The fraction of sp³-hybridized carbons (Fsp3) is 0.222. The second-order valence-electron chi connectivity index (χ2n) is 3.11. The zero-order valence-corrected chi connectivity index (χ0v) is 8.89. The van der Waals surface area contributed by atoms with Crippen molar-refractivity contribution in [3.05, 3.63) is 36.7 Å². The van der Waals surface area contributed by atoms with E-state index in [-0.39, 0.29) is 6.04 Å². The lowest BCUT2D eigenvalue weighted by molar-refractivity contribution is 0.424. The van der Waals surface area contributed by atoms with Crippen LogP contribution in [0.5, 0.6) is 0 Å². The molecule has 0 amide bonds. The van der Waals surface area contributed by atoms with Crippen LogP contribution in [0.2, 0.25) is 0 Å². The monoisotopic (exact) mass is 226 g/mol. The summed E-state index contributed by atoms with van der Waals surface area (Å²) in [5.74, 6) is 0.356. The third-order valence-corrected chi connectivity index (χ3v) is 3.38. The van der Waals surface area contributed by atoms with Crippen LogP contribution in [0.1, 0.15) is 6.92 Å². The molecule has 1 aliphatic heterocycles. The van der Waals surface area contributed by atoms with Gasteiger partial charge >= 0.3 is 10.3 Å². The second-order valence-corrected chi connectivity index (χ2v) is 4.55. The van der Waals surface area contributed by atoms with Gasteiger partial charge in [0.25, 0.3) is 0 Å². The van der Waals surface area contributed by atoms with Gasteiger partial charge in [-0.1, -0.05) is 6.07 Å². The first-order valence-corrected chi connectivity index (χ1v) is 5.78. The molecule has 0 bridgehead atoms. The molecule has 0 N–H and O–H groups in total. The first-order chi connectivity index (χ1) is 7.11. The molecule has 0 aromatic carbocycles. The van der Waals surface area contributed by atoms with Gasteiger partial charge in [-0.25, -0.2) is 9.29 Å². The summed E-state index contributed by atoms with van der Waals surface area (Å²) in [4.78, 5) is 3.98. The minimum atomic E-state index is -3.74. The Morgan fingerprint density at radius 2 is 2.27 bits per heavy atom. The Hall–Kier alpha value is -1.56. The minimum absolute atomic E-state index is 0.293. The van der Waals surface area contributed by atoms with Crippen LogP contribution < -0.4 is 4.31 Å². The lowest BCUT2D eigenvalue weighted by Crippen LogP contribution is -2.41. The second kappa shape index (κ2) is 3.54. The van der Waals surface area contributed by atoms with Gasteiger partial charge in [0.1, 0.15) is 12.1 Å². The Morgan fingerprint density at radius 3 is 2.87 bits per heavy atom. The van der Waals surface area contributed by atoms with E-state index in [0.29, 0.717) is 5.82 Å². The highest BCUT2D eigenvalue weighted by Gasteiger charge is 2.31. The maximum absolute atomic E-state index is 11.6. The molecule has 2 heterocycles. The van der Waals surface area contributed by atoms with E-state index in [9.17, 15) is 8.42 Å². The fourth-order valence-electron chi connectivity index (χ4n) is 1.35. The van der Waals surface area contributed by atoms with Crippen LogP contribution in [-0.2, 0) is 14.5 Å². The van der Waals surface area contributed by atoms with Crippen molar-refractivity contribution in [1.29, 1.82) is 0 Å². The van der Waals surface area contributed by atoms with Crippen molar-refractivity contribution < 1.29 is 12.6 Å². The molecule has 15 heavy (non-hydrogen) atoms. The average Bonchev–Trinajstić information content (AvgIpc) is 2.17. The fourth-order valence-corrected chi connectivity index (χ4v) is 2.46. The Labute approximate surface area is 88.3 Å². The van der Waals surface area contributed by atoms with E-state index in [1.54, 1.807) is 31.2 Å². The summed E-state index contributed by atoms with van der Waals surface area (Å²) in [5, 5.41) is 0. The number of aromatic nitrogens is 1. The van der Waals surface area contributed by atoms with Gasteiger partial charge < -0.3 is 4.18 Å². The van der Waals surface area contributed by atoms with Crippen molar-refractivity contribution >= 4 is 16.1 Å². The number of hydrogen-bond acceptors (Lipinski definition) is 4. The zero-order valence-electron chi connectivity index (χ0n) is 8.07. The maximum atomic E-state index is 11.6. The molecular formula is C9H10N2O3S. The maximum Gasteiger partial charge on any atom is 0.411 e. The van der Waals surface area contributed by atoms with Gasteiger partial charge in [-0.3, -0.25) is 0 Å². The molecule has 0 unspecified atom stereocenters. The molecule has 1 aromatic rings. The van der Waals surface area contributed by atoms with E-state index in [1.807, 2.05) is 0 Å². The lowest BCUT2D eigenvalue weighted by Gasteiger charge is -2.28. The topological polar surface area (TPSA) is 59.5 Å². The van der Waals surface area contributed by atoms with Crippen LogP contribution >= 0.6 is 0 Å². The summed E-state index contributed by atoms with van der Waals surface area (Å²) in [5.41, 5.74) is 0. The number of hydrogen-bond donors (Lipinski definition) is 0. The molecule has 0 saturated heterocycles. The van der Waals surface area contributed by atoms with E-state index < -0.39 is 10.3 Å². The molecule has 0 aliphatic carbocycles. The molecule has 1 atom stereocenters. The number of rotatable bonds is 1. The van der Waals surface area contributed by atoms with Crippen molar-refractivity contribution in [1.82, 2.24) is 4.98 Å². The van der Waals surface area contributed by atoms with Gasteiger partial charge in [-0.05, 0) is 25.1 Å². The van der Waals surface area contributed by atoms with E-state index >= 15 is 0 Å². The first-order valence-electron chi connectivity index (χ1n) is 4.41. The summed E-state index contributed by atoms with van der Waals surface area (Å²) in [6.07, 6.45) is 4.37. The normalized spacial score (nSPS) is 23.5. The smallest absolute Gasteiger partial charge is 0.375 e. The Bertz CT molecular complexity index is 469. The highest BCUT2D eigenvalue weighted by Crippen LogP contribution is 2.22. The summed E-state index contributed by atoms with van der Waals surface area (Å²) in [7, 11) is -3.74. The predicted molar refractivity (Wildman–Crippen MR) is 55.3 cm³/mol. The van der Waals surface area contributed by atoms with Gasteiger partial charge in [0, 0.05) is 6.20 Å². The summed E-state index contributed by atoms with van der Waals surface area (Å²) in [6, 6.07) is 4.78. The molecule has 2 rings (SSSR count). The Morgan fingerprint density at radius 1 is 1.47 bits per heavy atom. The van der Waals surface area contributed by atoms with Crippen LogP contribution in [0.4, 0.5) is 5.82 Å². The third kappa shape index (κ3) is 1.80. The molecule has 0 radical (unpaired) electrons. The Kier molecular flexibility index (Phi) is 2.36. The molecule has 80 valence electrons. The van der Waals surface area contributed by atoms with E-state index in [2.05, 4.69) is 9.17 Å². The molecule has 6 heteroatoms. The van der Waals surface area contributed by atoms with E-state index in [4.69, 9.17) is 0 Å². The molecule has 0 fully saturated rings. The van der Waals surface area contributed by atoms with Crippen molar-refractivity contribution in [2.45, 2.75) is 13.0 Å². The van der Waals surface area contributed by atoms with Crippen LogP contribution in [-0.4, -0.2) is 19.4 Å². The largest absolute Gasteiger partial charge is 0.411 e. The molecule has 1 aromatic heterocycles. The molecule has 5 nitrogen and oxygen atoms in total. The standard InChI is InChI=1S/C9H10N2O3S/c1-8-5-7-14-15(12,13)11(8)9-4-2-3-6-10-9/h2-8H,1H3/t8-/m1/s1. The van der Waals surface area contributed by atoms with Crippen LogP contribution in [0.25, 0.3) is 0 Å². The predicted octanol–water partition coefficient (Wildman–Crippen LogP) is 1.07. The number of nitrogens with zero attached hydrogens (tertiary/aromatic N) is 2. The van der Waals surface area contributed by atoms with Gasteiger partial charge in [-0.2, -0.15) is 8.42 Å². The number of pyridine rings is 1. The van der Waals surface area contributed by atoms with E-state index in [1.165, 1.54) is 12.5 Å². The van der Waals surface area contributed by atoms with Gasteiger partial charge in [0.2, 0.25) is 0 Å². The molecule has 0 saturated carbocycles. The van der Waals surface area contributed by atoms with Gasteiger partial charge in [-0.15, -0.1) is 0 Å². The summed E-state index contributed by atoms with van der Waals surface area (Å²) < 4.78 is 28.9. The van der Waals surface area contributed by atoms with Crippen LogP contribution in [0.15, 0.2) is 36.7 Å². The molecule has 0 spiro atoms.